The van der Waals surface area contributed by atoms with Crippen LogP contribution < -0.4 is 4.72 Å². The van der Waals surface area contributed by atoms with E-state index >= 15 is 0 Å². The smallest absolute Gasteiger partial charge is 0.407 e. The molecular formula is C12H14N2O5S. The Morgan fingerprint density at radius 1 is 1.25 bits per heavy atom. The van der Waals surface area contributed by atoms with E-state index in [1.807, 2.05) is 4.72 Å². The number of carbonyl (C=O) groups is 2. The number of likely N-dealkylation sites (tertiary alicyclic amines) is 1. The average Bonchev–Trinajstić information content (AvgIpc) is 2.25. The lowest BCUT2D eigenvalue weighted by atomic mass is 10.0. The fourth-order valence-electron chi connectivity index (χ4n) is 1.87. The fourth-order valence-corrected chi connectivity index (χ4v) is 3.04. The molecular weight excluding hydrogens is 284 g/mol. The lowest BCUT2D eigenvalue weighted by molar-refractivity contribution is -0.127. The van der Waals surface area contributed by atoms with Gasteiger partial charge in [-0.2, -0.15) is 0 Å². The van der Waals surface area contributed by atoms with Crippen molar-refractivity contribution in [1.29, 1.82) is 0 Å². The van der Waals surface area contributed by atoms with Crippen LogP contribution in [0.2, 0.25) is 0 Å². The number of hydrogen-bond acceptors (Lipinski definition) is 4. The molecule has 1 aliphatic rings. The van der Waals surface area contributed by atoms with Crippen LogP contribution in [0.5, 0.6) is 0 Å². The first-order chi connectivity index (χ1) is 9.37. The van der Waals surface area contributed by atoms with Crippen LogP contribution in [-0.2, 0) is 20.6 Å². The molecule has 0 saturated carbocycles. The van der Waals surface area contributed by atoms with Crippen molar-refractivity contribution in [2.75, 3.05) is 13.1 Å². The SMILES string of the molecule is O=C(NS(=O)(=O)Cc1ccccc1)C1CN(C(=O)O)C1. The number of amides is 2. The first-order valence-corrected chi connectivity index (χ1v) is 7.59. The van der Waals surface area contributed by atoms with Gasteiger partial charge in [0.05, 0.1) is 11.7 Å². The predicted molar refractivity (Wildman–Crippen MR) is 70.3 cm³/mol. The minimum absolute atomic E-state index is 0.0298. The number of carbonyl (C=O) groups excluding carboxylic acids is 1. The van der Waals surface area contributed by atoms with Gasteiger partial charge in [0, 0.05) is 13.1 Å². The van der Waals surface area contributed by atoms with Gasteiger partial charge in [0.2, 0.25) is 15.9 Å². The Hall–Kier alpha value is -2.09. The van der Waals surface area contributed by atoms with Crippen molar-refractivity contribution in [2.24, 2.45) is 5.92 Å². The minimum Gasteiger partial charge on any atom is -0.465 e. The van der Waals surface area contributed by atoms with E-state index in [1.54, 1.807) is 30.3 Å². The molecule has 20 heavy (non-hydrogen) atoms. The van der Waals surface area contributed by atoms with Gasteiger partial charge >= 0.3 is 6.09 Å². The van der Waals surface area contributed by atoms with Gasteiger partial charge in [-0.05, 0) is 5.56 Å². The molecule has 0 aromatic heterocycles. The Morgan fingerprint density at radius 3 is 2.40 bits per heavy atom. The number of sulfonamides is 1. The number of nitrogens with one attached hydrogen (secondary N) is 1. The number of benzene rings is 1. The second-order valence-corrected chi connectivity index (χ2v) is 6.32. The van der Waals surface area contributed by atoms with E-state index in [4.69, 9.17) is 5.11 Å². The Labute approximate surface area is 116 Å². The second kappa shape index (κ2) is 5.49. The average molecular weight is 298 g/mol. The van der Waals surface area contributed by atoms with Crippen LogP contribution in [-0.4, -0.2) is 43.5 Å². The Kier molecular flexibility index (Phi) is 3.93. The summed E-state index contributed by atoms with van der Waals surface area (Å²) >= 11 is 0. The molecule has 108 valence electrons. The molecule has 2 rings (SSSR count). The third-order valence-electron chi connectivity index (χ3n) is 2.98. The number of rotatable bonds is 4. The van der Waals surface area contributed by atoms with Gasteiger partial charge < -0.3 is 10.0 Å². The molecule has 2 N–H and O–H groups in total. The highest BCUT2D eigenvalue weighted by Crippen LogP contribution is 2.16. The molecule has 2 amide bonds. The van der Waals surface area contributed by atoms with E-state index in [0.29, 0.717) is 5.56 Å². The Balaban J connectivity index is 1.89. The summed E-state index contributed by atoms with van der Waals surface area (Å²) in [5.41, 5.74) is 0.577. The summed E-state index contributed by atoms with van der Waals surface area (Å²) < 4.78 is 25.6. The fraction of sp³-hybridized carbons (Fsp3) is 0.333. The van der Waals surface area contributed by atoms with Gasteiger partial charge in [-0.25, -0.2) is 13.2 Å². The zero-order valence-electron chi connectivity index (χ0n) is 10.5. The van der Waals surface area contributed by atoms with Gasteiger partial charge in [-0.3, -0.25) is 9.52 Å². The van der Waals surface area contributed by atoms with Crippen LogP contribution in [0.3, 0.4) is 0 Å². The van der Waals surface area contributed by atoms with E-state index in [0.717, 1.165) is 4.90 Å². The highest BCUT2D eigenvalue weighted by atomic mass is 32.2. The molecule has 1 fully saturated rings. The third-order valence-corrected chi connectivity index (χ3v) is 4.20. The summed E-state index contributed by atoms with van der Waals surface area (Å²) in [7, 11) is -3.76. The third kappa shape index (κ3) is 3.47. The largest absolute Gasteiger partial charge is 0.465 e. The summed E-state index contributed by atoms with van der Waals surface area (Å²) in [5, 5.41) is 8.64. The first kappa shape index (κ1) is 14.3. The zero-order valence-corrected chi connectivity index (χ0v) is 11.3. The summed E-state index contributed by atoms with van der Waals surface area (Å²) in [6.07, 6.45) is -1.11. The van der Waals surface area contributed by atoms with E-state index < -0.39 is 27.9 Å². The van der Waals surface area contributed by atoms with Crippen molar-refractivity contribution in [3.63, 3.8) is 0 Å². The zero-order chi connectivity index (χ0) is 14.8. The van der Waals surface area contributed by atoms with Crippen LogP contribution >= 0.6 is 0 Å². The van der Waals surface area contributed by atoms with E-state index in [1.165, 1.54) is 0 Å². The van der Waals surface area contributed by atoms with Crippen molar-refractivity contribution in [2.45, 2.75) is 5.75 Å². The van der Waals surface area contributed by atoms with Crippen LogP contribution in [0.15, 0.2) is 30.3 Å². The minimum atomic E-state index is -3.76. The normalized spacial score (nSPS) is 15.5. The van der Waals surface area contributed by atoms with Crippen molar-refractivity contribution < 1.29 is 23.1 Å². The van der Waals surface area contributed by atoms with Crippen LogP contribution in [0, 0.1) is 5.92 Å². The number of hydrogen-bond donors (Lipinski definition) is 2. The van der Waals surface area contributed by atoms with Crippen LogP contribution in [0.1, 0.15) is 5.56 Å². The van der Waals surface area contributed by atoms with Crippen molar-refractivity contribution in [3.8, 4) is 0 Å². The monoisotopic (exact) mass is 298 g/mol. The molecule has 1 saturated heterocycles. The van der Waals surface area contributed by atoms with Gasteiger partial charge in [0.25, 0.3) is 0 Å². The molecule has 1 heterocycles. The highest BCUT2D eigenvalue weighted by molar-refractivity contribution is 7.89. The molecule has 1 aromatic carbocycles. The maximum absolute atomic E-state index is 11.8. The molecule has 0 spiro atoms. The topological polar surface area (TPSA) is 104 Å². The van der Waals surface area contributed by atoms with Gasteiger partial charge in [-0.15, -0.1) is 0 Å². The first-order valence-electron chi connectivity index (χ1n) is 5.93. The summed E-state index contributed by atoms with van der Waals surface area (Å²) in [5.74, 6) is -1.54. The maximum atomic E-state index is 11.8. The van der Waals surface area contributed by atoms with Crippen molar-refractivity contribution in [1.82, 2.24) is 9.62 Å². The van der Waals surface area contributed by atoms with Crippen molar-refractivity contribution >= 4 is 22.0 Å². The molecule has 0 radical (unpaired) electrons. The van der Waals surface area contributed by atoms with Crippen molar-refractivity contribution in [3.05, 3.63) is 35.9 Å². The quantitative estimate of drug-likeness (QED) is 0.829. The Bertz CT molecular complexity index is 608. The summed E-state index contributed by atoms with van der Waals surface area (Å²) in [4.78, 5) is 23.3. The number of carboxylic acid groups (broad SMARTS) is 1. The van der Waals surface area contributed by atoms with Gasteiger partial charge in [0.1, 0.15) is 0 Å². The highest BCUT2D eigenvalue weighted by Gasteiger charge is 2.37. The maximum Gasteiger partial charge on any atom is 0.407 e. The molecule has 1 aliphatic heterocycles. The lowest BCUT2D eigenvalue weighted by Gasteiger charge is -2.35. The molecule has 0 atom stereocenters. The van der Waals surface area contributed by atoms with Gasteiger partial charge in [-0.1, -0.05) is 30.3 Å². The summed E-state index contributed by atoms with van der Waals surface area (Å²) in [6, 6.07) is 8.49. The van der Waals surface area contributed by atoms with Crippen LogP contribution in [0.4, 0.5) is 4.79 Å². The second-order valence-electron chi connectivity index (χ2n) is 4.60. The van der Waals surface area contributed by atoms with E-state index in [-0.39, 0.29) is 18.8 Å². The lowest BCUT2D eigenvalue weighted by Crippen LogP contribution is -2.56. The Morgan fingerprint density at radius 2 is 1.85 bits per heavy atom. The molecule has 0 unspecified atom stereocenters. The van der Waals surface area contributed by atoms with E-state index in [9.17, 15) is 18.0 Å². The molecule has 8 heteroatoms. The predicted octanol–water partition coefficient (Wildman–Crippen LogP) is 0.242. The molecule has 0 bridgehead atoms. The molecule has 7 nitrogen and oxygen atoms in total. The van der Waals surface area contributed by atoms with Gasteiger partial charge in [0.15, 0.2) is 0 Å². The van der Waals surface area contributed by atoms with Crippen LogP contribution in [0.25, 0.3) is 0 Å². The molecule has 1 aromatic rings. The standard InChI is InChI=1S/C12H14N2O5S/c15-11(10-6-14(7-10)12(16)17)13-20(18,19)8-9-4-2-1-3-5-9/h1-5,10H,6-8H2,(H,13,15)(H,16,17). The summed E-state index contributed by atoms with van der Waals surface area (Å²) in [6.45, 7) is 0.0596. The number of nitrogens with zero attached hydrogens (tertiary/aromatic N) is 1. The molecule has 0 aliphatic carbocycles. The van der Waals surface area contributed by atoms with E-state index in [2.05, 4.69) is 0 Å².